The van der Waals surface area contributed by atoms with Crippen LogP contribution in [0, 0.1) is 5.92 Å². The fraction of sp³-hybridized carbons (Fsp3) is 0.562. The molecule has 4 nitrogen and oxygen atoms in total. The first-order valence-corrected chi connectivity index (χ1v) is 7.29. The molecule has 0 spiro atoms. The molecule has 0 aromatic heterocycles. The molecule has 0 radical (unpaired) electrons. The van der Waals surface area contributed by atoms with E-state index in [2.05, 4.69) is 12.2 Å². The number of halogens is 1. The molecule has 0 aliphatic carbocycles. The van der Waals surface area contributed by atoms with Crippen LogP contribution >= 0.6 is 12.4 Å². The lowest BCUT2D eigenvalue weighted by molar-refractivity contribution is -0.123. The maximum absolute atomic E-state index is 11.7. The van der Waals surface area contributed by atoms with Crippen molar-refractivity contribution in [2.45, 2.75) is 39.7 Å². The van der Waals surface area contributed by atoms with E-state index in [9.17, 15) is 4.79 Å². The first-order chi connectivity index (χ1) is 9.54. The highest BCUT2D eigenvalue weighted by Gasteiger charge is 2.16. The summed E-state index contributed by atoms with van der Waals surface area (Å²) in [7, 11) is 0. The average molecular weight is 315 g/mol. The Balaban J connectivity index is 0.00000400. The third kappa shape index (κ3) is 7.34. The molecule has 0 heterocycles. The molecule has 0 saturated heterocycles. The molecule has 0 fully saturated rings. The number of ether oxygens (including phenoxy) is 1. The molecule has 0 bridgehead atoms. The number of rotatable bonds is 8. The van der Waals surface area contributed by atoms with Gasteiger partial charge in [0.25, 0.3) is 0 Å². The van der Waals surface area contributed by atoms with E-state index in [1.807, 2.05) is 38.1 Å². The topological polar surface area (TPSA) is 64.3 Å². The van der Waals surface area contributed by atoms with Crippen LogP contribution in [0.3, 0.4) is 0 Å². The van der Waals surface area contributed by atoms with Gasteiger partial charge in [0.2, 0.25) is 5.91 Å². The Morgan fingerprint density at radius 2 is 2.10 bits per heavy atom. The second-order valence-corrected chi connectivity index (χ2v) is 5.31. The molecule has 5 heteroatoms. The quantitative estimate of drug-likeness (QED) is 0.775. The number of benzene rings is 1. The molecule has 0 aliphatic heterocycles. The van der Waals surface area contributed by atoms with Gasteiger partial charge in [-0.2, -0.15) is 0 Å². The summed E-state index contributed by atoms with van der Waals surface area (Å²) in [6.45, 7) is 7.29. The SMILES string of the molecule is CCCOc1cccc(CCNC(=O)[C@@H](N)C(C)C)c1.Cl. The Kier molecular flexibility index (Phi) is 9.84. The van der Waals surface area contributed by atoms with Crippen LogP contribution in [0.4, 0.5) is 0 Å². The van der Waals surface area contributed by atoms with E-state index in [0.29, 0.717) is 6.54 Å². The van der Waals surface area contributed by atoms with E-state index in [1.54, 1.807) is 0 Å². The molecule has 3 N–H and O–H groups in total. The van der Waals surface area contributed by atoms with E-state index in [4.69, 9.17) is 10.5 Å². The van der Waals surface area contributed by atoms with Gasteiger partial charge in [-0.3, -0.25) is 4.79 Å². The summed E-state index contributed by atoms with van der Waals surface area (Å²) in [6, 6.07) is 7.54. The Bertz CT molecular complexity index is 424. The summed E-state index contributed by atoms with van der Waals surface area (Å²) in [4.78, 5) is 11.7. The van der Waals surface area contributed by atoms with E-state index in [1.165, 1.54) is 0 Å². The van der Waals surface area contributed by atoms with Gasteiger partial charge in [0.05, 0.1) is 12.6 Å². The van der Waals surface area contributed by atoms with E-state index < -0.39 is 6.04 Å². The van der Waals surface area contributed by atoms with Gasteiger partial charge in [-0.15, -0.1) is 12.4 Å². The molecular weight excluding hydrogens is 288 g/mol. The zero-order chi connectivity index (χ0) is 15.0. The smallest absolute Gasteiger partial charge is 0.237 e. The van der Waals surface area contributed by atoms with Crippen LogP contribution in [0.2, 0.25) is 0 Å². The molecule has 1 atom stereocenters. The van der Waals surface area contributed by atoms with Crippen LogP contribution in [-0.4, -0.2) is 25.1 Å². The van der Waals surface area contributed by atoms with Gasteiger partial charge in [-0.1, -0.05) is 32.9 Å². The van der Waals surface area contributed by atoms with Crippen LogP contribution in [0.15, 0.2) is 24.3 Å². The highest BCUT2D eigenvalue weighted by atomic mass is 35.5. The van der Waals surface area contributed by atoms with Crippen molar-refractivity contribution < 1.29 is 9.53 Å². The van der Waals surface area contributed by atoms with Gasteiger partial charge in [-0.05, 0) is 36.5 Å². The summed E-state index contributed by atoms with van der Waals surface area (Å²) in [5.74, 6) is 0.953. The van der Waals surface area contributed by atoms with Gasteiger partial charge in [-0.25, -0.2) is 0 Å². The van der Waals surface area contributed by atoms with Crippen molar-refractivity contribution in [3.8, 4) is 5.75 Å². The van der Waals surface area contributed by atoms with Crippen molar-refractivity contribution in [3.05, 3.63) is 29.8 Å². The number of carbonyl (C=O) groups is 1. The van der Waals surface area contributed by atoms with Crippen LogP contribution in [0.1, 0.15) is 32.8 Å². The Morgan fingerprint density at radius 3 is 2.71 bits per heavy atom. The lowest BCUT2D eigenvalue weighted by Crippen LogP contribution is -2.44. The van der Waals surface area contributed by atoms with Crippen molar-refractivity contribution in [2.24, 2.45) is 11.7 Å². The standard InChI is InChI=1S/C16H26N2O2.ClH/c1-4-10-20-14-7-5-6-13(11-14)8-9-18-16(19)15(17)12(2)3;/h5-7,11-12,15H,4,8-10,17H2,1-3H3,(H,18,19);1H/t15-;/m0./s1. The fourth-order valence-electron chi connectivity index (χ4n) is 1.76. The Morgan fingerprint density at radius 1 is 1.38 bits per heavy atom. The zero-order valence-corrected chi connectivity index (χ0v) is 13.9. The van der Waals surface area contributed by atoms with Crippen molar-refractivity contribution >= 4 is 18.3 Å². The van der Waals surface area contributed by atoms with Gasteiger partial charge in [0, 0.05) is 6.54 Å². The monoisotopic (exact) mass is 314 g/mol. The second kappa shape index (κ2) is 10.5. The van der Waals surface area contributed by atoms with E-state index in [-0.39, 0.29) is 24.2 Å². The normalized spacial score (nSPS) is 11.7. The van der Waals surface area contributed by atoms with Gasteiger partial charge in [0.15, 0.2) is 0 Å². The maximum atomic E-state index is 11.7. The predicted octanol–water partition coefficient (Wildman–Crippen LogP) is 2.54. The van der Waals surface area contributed by atoms with Gasteiger partial charge < -0.3 is 15.8 Å². The first kappa shape index (κ1) is 19.7. The van der Waals surface area contributed by atoms with Gasteiger partial charge >= 0.3 is 0 Å². The van der Waals surface area contributed by atoms with Crippen LogP contribution in [0.5, 0.6) is 5.75 Å². The highest BCUT2D eigenvalue weighted by Crippen LogP contribution is 2.13. The number of amides is 1. The molecule has 0 saturated carbocycles. The summed E-state index contributed by atoms with van der Waals surface area (Å²) in [6.07, 6.45) is 1.77. The molecule has 120 valence electrons. The largest absolute Gasteiger partial charge is 0.494 e. The number of nitrogens with one attached hydrogen (secondary N) is 1. The molecule has 0 unspecified atom stereocenters. The lowest BCUT2D eigenvalue weighted by atomic mass is 10.0. The molecule has 1 rings (SSSR count). The minimum Gasteiger partial charge on any atom is -0.494 e. The summed E-state index contributed by atoms with van der Waals surface area (Å²) >= 11 is 0. The highest BCUT2D eigenvalue weighted by molar-refractivity contribution is 5.85. The van der Waals surface area contributed by atoms with Crippen LogP contribution < -0.4 is 15.8 Å². The minimum absolute atomic E-state index is 0. The van der Waals surface area contributed by atoms with Crippen LogP contribution in [0.25, 0.3) is 0 Å². The average Bonchev–Trinajstić information content (AvgIpc) is 2.44. The Labute approximate surface area is 133 Å². The summed E-state index contributed by atoms with van der Waals surface area (Å²) in [5, 5.41) is 2.87. The van der Waals surface area contributed by atoms with Crippen molar-refractivity contribution in [3.63, 3.8) is 0 Å². The number of nitrogens with two attached hydrogens (primary N) is 1. The maximum Gasteiger partial charge on any atom is 0.237 e. The predicted molar refractivity (Wildman–Crippen MR) is 89.0 cm³/mol. The van der Waals surface area contributed by atoms with Crippen molar-refractivity contribution in [1.29, 1.82) is 0 Å². The molecular formula is C16H27ClN2O2. The Hall–Kier alpha value is -1.26. The molecule has 0 aliphatic rings. The number of hydrogen-bond donors (Lipinski definition) is 2. The molecule has 1 amide bonds. The third-order valence-electron chi connectivity index (χ3n) is 3.11. The molecule has 1 aromatic rings. The van der Waals surface area contributed by atoms with Crippen LogP contribution in [-0.2, 0) is 11.2 Å². The number of hydrogen-bond acceptors (Lipinski definition) is 3. The summed E-state index contributed by atoms with van der Waals surface area (Å²) < 4.78 is 5.59. The summed E-state index contributed by atoms with van der Waals surface area (Å²) in [5.41, 5.74) is 6.94. The second-order valence-electron chi connectivity index (χ2n) is 5.31. The third-order valence-corrected chi connectivity index (χ3v) is 3.11. The number of carbonyl (C=O) groups excluding carboxylic acids is 1. The zero-order valence-electron chi connectivity index (χ0n) is 13.1. The van der Waals surface area contributed by atoms with E-state index in [0.717, 1.165) is 30.8 Å². The first-order valence-electron chi connectivity index (χ1n) is 7.29. The van der Waals surface area contributed by atoms with Crippen molar-refractivity contribution in [1.82, 2.24) is 5.32 Å². The minimum atomic E-state index is -0.436. The van der Waals surface area contributed by atoms with E-state index >= 15 is 0 Å². The lowest BCUT2D eigenvalue weighted by Gasteiger charge is -2.15. The van der Waals surface area contributed by atoms with Crippen molar-refractivity contribution in [2.75, 3.05) is 13.2 Å². The molecule has 1 aromatic carbocycles. The molecule has 21 heavy (non-hydrogen) atoms. The fourth-order valence-corrected chi connectivity index (χ4v) is 1.76. The van der Waals surface area contributed by atoms with Gasteiger partial charge in [0.1, 0.15) is 5.75 Å².